The van der Waals surface area contributed by atoms with E-state index in [1.54, 1.807) is 12.1 Å². The number of nitrogens with two attached hydrogens (primary N) is 1. The monoisotopic (exact) mass is 350 g/mol. The van der Waals surface area contributed by atoms with E-state index in [2.05, 4.69) is 43.5 Å². The van der Waals surface area contributed by atoms with Crippen molar-refractivity contribution in [3.8, 4) is 5.75 Å². The minimum absolute atomic E-state index is 0.0281. The number of hydrogen-bond acceptors (Lipinski definition) is 4. The zero-order valence-corrected chi connectivity index (χ0v) is 15.3. The van der Waals surface area contributed by atoms with E-state index in [-0.39, 0.29) is 22.2 Å². The van der Waals surface area contributed by atoms with Crippen molar-refractivity contribution in [1.82, 2.24) is 5.32 Å². The van der Waals surface area contributed by atoms with E-state index >= 15 is 0 Å². The van der Waals surface area contributed by atoms with E-state index in [0.717, 1.165) is 18.4 Å². The molecule has 0 fully saturated rings. The number of benzene rings is 1. The van der Waals surface area contributed by atoms with Crippen molar-refractivity contribution < 1.29 is 13.2 Å². The minimum Gasteiger partial charge on any atom is -0.495 e. The highest BCUT2D eigenvalue weighted by Crippen LogP contribution is 2.26. The fourth-order valence-corrected chi connectivity index (χ4v) is 3.85. The van der Waals surface area contributed by atoms with E-state index in [0.29, 0.717) is 6.42 Å². The van der Waals surface area contributed by atoms with Crippen LogP contribution in [0, 0.1) is 0 Å². The van der Waals surface area contributed by atoms with Crippen LogP contribution in [0.25, 0.3) is 0 Å². The first-order chi connectivity index (χ1) is 11.3. The third-order valence-electron chi connectivity index (χ3n) is 4.39. The summed E-state index contributed by atoms with van der Waals surface area (Å²) in [4.78, 5) is 0.0281. The summed E-state index contributed by atoms with van der Waals surface area (Å²) in [6, 6.07) is 5.31. The molecule has 0 saturated carbocycles. The first-order valence-corrected chi connectivity index (χ1v) is 9.66. The lowest BCUT2D eigenvalue weighted by atomic mass is 9.87. The Labute approximate surface area is 144 Å². The SMILES string of the molecule is CC[C@]1(NC(C)Cc2ccc(OC)c(S(N)(=O)=O)c2)C=CC=CC1. The summed E-state index contributed by atoms with van der Waals surface area (Å²) >= 11 is 0. The van der Waals surface area contributed by atoms with Gasteiger partial charge in [-0.1, -0.05) is 37.3 Å². The van der Waals surface area contributed by atoms with Gasteiger partial charge in [0.15, 0.2) is 0 Å². The van der Waals surface area contributed by atoms with Crippen molar-refractivity contribution in [3.05, 3.63) is 48.1 Å². The Morgan fingerprint density at radius 3 is 2.67 bits per heavy atom. The number of ether oxygens (including phenoxy) is 1. The quantitative estimate of drug-likeness (QED) is 0.792. The molecule has 1 aromatic carbocycles. The van der Waals surface area contributed by atoms with Crippen LogP contribution >= 0.6 is 0 Å². The summed E-state index contributed by atoms with van der Waals surface area (Å²) in [6.07, 6.45) is 11.1. The molecule has 2 rings (SSSR count). The number of allylic oxidation sites excluding steroid dienone is 2. The average Bonchev–Trinajstić information content (AvgIpc) is 2.54. The van der Waals surface area contributed by atoms with Crippen LogP contribution in [0.2, 0.25) is 0 Å². The van der Waals surface area contributed by atoms with Gasteiger partial charge in [-0.25, -0.2) is 13.6 Å². The van der Waals surface area contributed by atoms with Crippen molar-refractivity contribution in [2.24, 2.45) is 5.14 Å². The maximum atomic E-state index is 11.7. The highest BCUT2D eigenvalue weighted by atomic mass is 32.2. The smallest absolute Gasteiger partial charge is 0.241 e. The molecule has 0 aromatic heterocycles. The lowest BCUT2D eigenvalue weighted by molar-refractivity contribution is 0.343. The van der Waals surface area contributed by atoms with Gasteiger partial charge in [0.25, 0.3) is 0 Å². The molecular formula is C18H26N2O3S. The van der Waals surface area contributed by atoms with E-state index in [1.165, 1.54) is 7.11 Å². The minimum atomic E-state index is -3.81. The van der Waals surface area contributed by atoms with Crippen molar-refractivity contribution in [1.29, 1.82) is 0 Å². The summed E-state index contributed by atoms with van der Waals surface area (Å²) in [5.74, 6) is 0.271. The van der Waals surface area contributed by atoms with Crippen LogP contribution in [0.1, 0.15) is 32.3 Å². The molecule has 24 heavy (non-hydrogen) atoms. The maximum Gasteiger partial charge on any atom is 0.241 e. The zero-order chi connectivity index (χ0) is 17.8. The van der Waals surface area contributed by atoms with E-state index in [9.17, 15) is 8.42 Å². The molecule has 132 valence electrons. The number of primary sulfonamides is 1. The highest BCUT2D eigenvalue weighted by molar-refractivity contribution is 7.89. The predicted octanol–water partition coefficient (Wildman–Crippen LogP) is 2.53. The number of hydrogen-bond donors (Lipinski definition) is 2. The Balaban J connectivity index is 2.16. The lowest BCUT2D eigenvalue weighted by Gasteiger charge is -2.35. The van der Waals surface area contributed by atoms with Crippen LogP contribution in [0.3, 0.4) is 0 Å². The molecule has 0 aliphatic heterocycles. The third-order valence-corrected chi connectivity index (χ3v) is 5.32. The summed E-state index contributed by atoms with van der Waals surface area (Å²) in [5, 5.41) is 8.95. The van der Waals surface area contributed by atoms with Gasteiger partial charge >= 0.3 is 0 Å². The maximum absolute atomic E-state index is 11.7. The molecule has 0 spiro atoms. The first-order valence-electron chi connectivity index (χ1n) is 8.11. The third kappa shape index (κ3) is 4.47. The van der Waals surface area contributed by atoms with Crippen LogP contribution in [0.4, 0.5) is 0 Å². The van der Waals surface area contributed by atoms with Gasteiger partial charge in [-0.15, -0.1) is 0 Å². The van der Waals surface area contributed by atoms with Gasteiger partial charge in [-0.05, 0) is 43.9 Å². The Bertz CT molecular complexity index is 741. The summed E-state index contributed by atoms with van der Waals surface area (Å²) in [7, 11) is -2.38. The Hall–Kier alpha value is -1.63. The second-order valence-corrected chi connectivity index (χ2v) is 7.81. The van der Waals surface area contributed by atoms with Crippen LogP contribution in [-0.2, 0) is 16.4 Å². The number of methoxy groups -OCH3 is 1. The highest BCUT2D eigenvalue weighted by Gasteiger charge is 2.26. The van der Waals surface area contributed by atoms with Gasteiger partial charge in [0.2, 0.25) is 10.0 Å². The molecule has 1 aliphatic carbocycles. The molecule has 2 atom stereocenters. The van der Waals surface area contributed by atoms with Gasteiger partial charge in [0.05, 0.1) is 7.11 Å². The van der Waals surface area contributed by atoms with E-state index in [1.807, 2.05) is 6.07 Å². The zero-order valence-electron chi connectivity index (χ0n) is 14.5. The lowest BCUT2D eigenvalue weighted by Crippen LogP contribution is -2.48. The van der Waals surface area contributed by atoms with Crippen LogP contribution in [0.5, 0.6) is 5.75 Å². The van der Waals surface area contributed by atoms with Gasteiger partial charge in [-0.3, -0.25) is 0 Å². The average molecular weight is 350 g/mol. The molecule has 1 aliphatic rings. The van der Waals surface area contributed by atoms with Crippen molar-refractivity contribution in [2.75, 3.05) is 7.11 Å². The van der Waals surface area contributed by atoms with Crippen LogP contribution < -0.4 is 15.2 Å². The molecule has 0 amide bonds. The Kier molecular flexibility index (Phi) is 5.85. The Morgan fingerprint density at radius 2 is 2.12 bits per heavy atom. The van der Waals surface area contributed by atoms with E-state index < -0.39 is 10.0 Å². The molecule has 0 saturated heterocycles. The molecule has 1 aromatic rings. The number of nitrogens with one attached hydrogen (secondary N) is 1. The van der Waals surface area contributed by atoms with E-state index in [4.69, 9.17) is 9.88 Å². The largest absolute Gasteiger partial charge is 0.495 e. The molecule has 5 nitrogen and oxygen atoms in total. The number of sulfonamides is 1. The van der Waals surface area contributed by atoms with Crippen molar-refractivity contribution in [2.45, 2.75) is 49.6 Å². The Morgan fingerprint density at radius 1 is 1.38 bits per heavy atom. The fourth-order valence-electron chi connectivity index (χ4n) is 3.10. The second-order valence-electron chi connectivity index (χ2n) is 6.28. The summed E-state index contributed by atoms with van der Waals surface area (Å²) in [6.45, 7) is 4.26. The van der Waals surface area contributed by atoms with Crippen molar-refractivity contribution in [3.63, 3.8) is 0 Å². The summed E-state index contributed by atoms with van der Waals surface area (Å²) in [5.41, 5.74) is 0.866. The molecule has 1 unspecified atom stereocenters. The molecule has 6 heteroatoms. The van der Waals surface area contributed by atoms with Crippen molar-refractivity contribution >= 4 is 10.0 Å². The fraction of sp³-hybridized carbons (Fsp3) is 0.444. The summed E-state index contributed by atoms with van der Waals surface area (Å²) < 4.78 is 28.6. The second kappa shape index (κ2) is 7.51. The van der Waals surface area contributed by atoms with Crippen LogP contribution in [-0.4, -0.2) is 27.1 Å². The molecular weight excluding hydrogens is 324 g/mol. The normalized spacial score (nSPS) is 21.7. The topological polar surface area (TPSA) is 81.4 Å². The first kappa shape index (κ1) is 18.7. The molecule has 3 N–H and O–H groups in total. The molecule has 0 bridgehead atoms. The van der Waals surface area contributed by atoms with Crippen LogP contribution in [0.15, 0.2) is 47.4 Å². The van der Waals surface area contributed by atoms with Gasteiger partial charge < -0.3 is 10.1 Å². The molecule has 0 radical (unpaired) electrons. The predicted molar refractivity (Wildman–Crippen MR) is 96.6 cm³/mol. The number of rotatable bonds is 7. The van der Waals surface area contributed by atoms with Gasteiger partial charge in [0, 0.05) is 11.6 Å². The molecule has 0 heterocycles. The van der Waals surface area contributed by atoms with Gasteiger partial charge in [-0.2, -0.15) is 0 Å². The van der Waals surface area contributed by atoms with Gasteiger partial charge in [0.1, 0.15) is 10.6 Å². The standard InChI is InChI=1S/C18H26N2O3S/c1-4-18(10-6-5-7-11-18)20-14(2)12-15-8-9-16(23-3)17(13-15)24(19,21)22/h5-10,13-14,20H,4,11-12H2,1-3H3,(H2,19,21,22)/t14?,18-/m0/s1.